The molecule has 2 aromatic carbocycles. The van der Waals surface area contributed by atoms with Crippen LogP contribution in [0.15, 0.2) is 47.0 Å². The molecule has 0 aliphatic carbocycles. The molecule has 0 saturated carbocycles. The van der Waals surface area contributed by atoms with Crippen molar-refractivity contribution in [2.24, 2.45) is 5.73 Å². The first-order valence-corrected chi connectivity index (χ1v) is 11.9. The molecule has 2 amide bonds. The van der Waals surface area contributed by atoms with Gasteiger partial charge in [0.05, 0.1) is 22.5 Å². The topological polar surface area (TPSA) is 149 Å². The number of ketones is 1. The zero-order valence-electron chi connectivity index (χ0n) is 19.2. The first-order chi connectivity index (χ1) is 17.4. The Labute approximate surface area is 217 Å². The Bertz CT molecular complexity index is 1190. The van der Waals surface area contributed by atoms with Crippen LogP contribution in [0.3, 0.4) is 0 Å². The molecule has 0 fully saturated rings. The van der Waals surface area contributed by atoms with Crippen LogP contribution in [0.2, 0.25) is 10.0 Å². The molecule has 1 aromatic heterocycles. The van der Waals surface area contributed by atoms with E-state index in [1.807, 2.05) is 0 Å². The number of nitrogens with zero attached hydrogens (tertiary/aromatic N) is 2. The third-order valence-corrected chi connectivity index (χ3v) is 5.87. The summed E-state index contributed by atoms with van der Waals surface area (Å²) in [7, 11) is 0. The van der Waals surface area contributed by atoms with E-state index in [0.29, 0.717) is 41.6 Å². The van der Waals surface area contributed by atoms with Crippen molar-refractivity contribution < 1.29 is 23.6 Å². The fraction of sp³-hybridized carbons (Fsp3) is 0.292. The third-order valence-electron chi connectivity index (χ3n) is 5.13. The standard InChI is InChI=1S/C24H25Cl2N5O5/c25-18-9-6-16(11-19(18)26)13-28-24(34)35-17-7-4-15(5-8-17)12-21-30-23(31-36-21)22(33)20(29-14-32)3-1-2-10-27/h4-9,11,14,20H,1-3,10,12-13,27H2,(H,28,34)(H,29,32). The zero-order valence-corrected chi connectivity index (χ0v) is 20.7. The van der Waals surface area contributed by atoms with Gasteiger partial charge in [-0.15, -0.1) is 0 Å². The van der Waals surface area contributed by atoms with Crippen LogP contribution in [-0.2, 0) is 17.8 Å². The van der Waals surface area contributed by atoms with Crippen molar-refractivity contribution in [3.8, 4) is 5.75 Å². The lowest BCUT2D eigenvalue weighted by atomic mass is 10.1. The minimum Gasteiger partial charge on any atom is -0.410 e. The van der Waals surface area contributed by atoms with Crippen molar-refractivity contribution >= 4 is 41.5 Å². The van der Waals surface area contributed by atoms with E-state index in [4.69, 9.17) is 38.2 Å². The van der Waals surface area contributed by atoms with Gasteiger partial charge in [-0.25, -0.2) is 4.79 Å². The Morgan fingerprint density at radius 1 is 1.08 bits per heavy atom. The van der Waals surface area contributed by atoms with Gasteiger partial charge >= 0.3 is 6.09 Å². The highest BCUT2D eigenvalue weighted by molar-refractivity contribution is 6.42. The lowest BCUT2D eigenvalue weighted by Crippen LogP contribution is -2.36. The van der Waals surface area contributed by atoms with Crippen molar-refractivity contribution in [3.05, 3.63) is 75.4 Å². The summed E-state index contributed by atoms with van der Waals surface area (Å²) < 4.78 is 10.5. The highest BCUT2D eigenvalue weighted by Crippen LogP contribution is 2.22. The Kier molecular flexibility index (Phi) is 10.2. The molecule has 3 rings (SSSR count). The highest BCUT2D eigenvalue weighted by atomic mass is 35.5. The molecule has 0 saturated heterocycles. The Balaban J connectivity index is 1.51. The normalized spacial score (nSPS) is 11.5. The molecule has 0 spiro atoms. The first-order valence-electron chi connectivity index (χ1n) is 11.1. The average molecular weight is 534 g/mol. The van der Waals surface area contributed by atoms with Crippen molar-refractivity contribution in [2.75, 3.05) is 6.54 Å². The van der Waals surface area contributed by atoms with Gasteiger partial charge in [0.15, 0.2) is 0 Å². The SMILES string of the molecule is NCCCCC(NC=O)C(=O)c1noc(Cc2ccc(OC(=O)NCc3ccc(Cl)c(Cl)c3)cc2)n1. The molecule has 0 radical (unpaired) electrons. The Morgan fingerprint density at radius 3 is 2.53 bits per heavy atom. The summed E-state index contributed by atoms with van der Waals surface area (Å²) in [5, 5.41) is 9.71. The van der Waals surface area contributed by atoms with Crippen LogP contribution >= 0.6 is 23.2 Å². The average Bonchev–Trinajstić information content (AvgIpc) is 3.33. The smallest absolute Gasteiger partial charge is 0.410 e. The molecule has 0 aliphatic rings. The number of halogens is 2. The van der Waals surface area contributed by atoms with Crippen LogP contribution < -0.4 is 21.1 Å². The Morgan fingerprint density at radius 2 is 1.83 bits per heavy atom. The molecule has 4 N–H and O–H groups in total. The number of aromatic nitrogens is 2. The molecule has 1 atom stereocenters. The maximum absolute atomic E-state index is 12.6. The maximum Gasteiger partial charge on any atom is 0.412 e. The predicted octanol–water partition coefficient (Wildman–Crippen LogP) is 3.68. The lowest BCUT2D eigenvalue weighted by Gasteiger charge is -2.12. The van der Waals surface area contributed by atoms with E-state index in [0.717, 1.165) is 17.5 Å². The molecular formula is C24H25Cl2N5O5. The maximum atomic E-state index is 12.6. The number of hydrogen-bond acceptors (Lipinski definition) is 8. The zero-order chi connectivity index (χ0) is 25.9. The lowest BCUT2D eigenvalue weighted by molar-refractivity contribution is -0.110. The molecule has 1 heterocycles. The number of Topliss-reactive ketones (excluding diaryl/α,β-unsaturated/α-hetero) is 1. The number of benzene rings is 2. The number of nitrogens with two attached hydrogens (primary N) is 1. The number of carbonyl (C=O) groups excluding carboxylic acids is 3. The summed E-state index contributed by atoms with van der Waals surface area (Å²) in [6, 6.07) is 11.0. The number of unbranched alkanes of at least 4 members (excludes halogenated alkanes) is 1. The first kappa shape index (κ1) is 27.1. The largest absolute Gasteiger partial charge is 0.412 e. The van der Waals surface area contributed by atoms with Gasteiger partial charge in [-0.1, -0.05) is 46.6 Å². The third kappa shape index (κ3) is 8.04. The number of amides is 2. The van der Waals surface area contributed by atoms with Crippen LogP contribution in [0.4, 0.5) is 4.79 Å². The molecular weight excluding hydrogens is 509 g/mol. The summed E-state index contributed by atoms with van der Waals surface area (Å²) in [4.78, 5) is 39.7. The van der Waals surface area contributed by atoms with Gasteiger partial charge in [0, 0.05) is 6.54 Å². The molecule has 3 aromatic rings. The van der Waals surface area contributed by atoms with Gasteiger partial charge in [0.25, 0.3) is 0 Å². The van der Waals surface area contributed by atoms with Crippen LogP contribution in [0, 0.1) is 0 Å². The van der Waals surface area contributed by atoms with Gasteiger partial charge in [-0.05, 0) is 61.2 Å². The van der Waals surface area contributed by atoms with Gasteiger partial charge in [0.2, 0.25) is 23.9 Å². The summed E-state index contributed by atoms with van der Waals surface area (Å²) >= 11 is 11.9. The van der Waals surface area contributed by atoms with Crippen LogP contribution in [0.25, 0.3) is 0 Å². The summed E-state index contributed by atoms with van der Waals surface area (Å²) in [6.45, 7) is 0.726. The van der Waals surface area contributed by atoms with Gasteiger partial charge in [-0.2, -0.15) is 4.98 Å². The summed E-state index contributed by atoms with van der Waals surface area (Å²) in [5.41, 5.74) is 7.05. The minimum atomic E-state index is -0.737. The summed E-state index contributed by atoms with van der Waals surface area (Å²) in [6.07, 6.45) is 1.97. The number of rotatable bonds is 13. The molecule has 190 valence electrons. The fourth-order valence-corrected chi connectivity index (χ4v) is 3.59. The van der Waals surface area contributed by atoms with Crippen molar-refractivity contribution in [1.29, 1.82) is 0 Å². The van der Waals surface area contributed by atoms with E-state index in [2.05, 4.69) is 20.8 Å². The number of carbonyl (C=O) groups is 3. The van der Waals surface area contributed by atoms with E-state index in [1.165, 1.54) is 0 Å². The molecule has 0 aliphatic heterocycles. The number of hydrogen-bond donors (Lipinski definition) is 3. The highest BCUT2D eigenvalue weighted by Gasteiger charge is 2.24. The Hall–Kier alpha value is -3.47. The quantitative estimate of drug-likeness (QED) is 0.171. The molecule has 10 nitrogen and oxygen atoms in total. The predicted molar refractivity (Wildman–Crippen MR) is 133 cm³/mol. The van der Waals surface area contributed by atoms with Crippen molar-refractivity contribution in [1.82, 2.24) is 20.8 Å². The van der Waals surface area contributed by atoms with E-state index in [-0.39, 0.29) is 24.7 Å². The van der Waals surface area contributed by atoms with Crippen LogP contribution in [-0.4, -0.2) is 41.0 Å². The second-order valence-corrected chi connectivity index (χ2v) is 8.62. The second kappa shape index (κ2) is 13.6. The molecule has 1 unspecified atom stereocenters. The molecule has 0 bridgehead atoms. The number of ether oxygens (including phenoxy) is 1. The van der Waals surface area contributed by atoms with E-state index in [9.17, 15) is 14.4 Å². The fourth-order valence-electron chi connectivity index (χ4n) is 3.26. The molecule has 36 heavy (non-hydrogen) atoms. The van der Waals surface area contributed by atoms with E-state index >= 15 is 0 Å². The van der Waals surface area contributed by atoms with E-state index < -0.39 is 17.9 Å². The van der Waals surface area contributed by atoms with Gasteiger partial charge in [-0.3, -0.25) is 9.59 Å². The summed E-state index contributed by atoms with van der Waals surface area (Å²) in [5.74, 6) is 0.0469. The monoisotopic (exact) mass is 533 g/mol. The minimum absolute atomic E-state index is 0.101. The van der Waals surface area contributed by atoms with Gasteiger partial charge in [0.1, 0.15) is 5.75 Å². The van der Waals surface area contributed by atoms with Crippen LogP contribution in [0.5, 0.6) is 5.75 Å². The number of nitrogens with one attached hydrogen (secondary N) is 2. The van der Waals surface area contributed by atoms with Crippen molar-refractivity contribution in [2.45, 2.75) is 38.3 Å². The van der Waals surface area contributed by atoms with Crippen molar-refractivity contribution in [3.63, 3.8) is 0 Å². The molecule has 12 heteroatoms. The van der Waals surface area contributed by atoms with Gasteiger partial charge < -0.3 is 25.6 Å². The van der Waals surface area contributed by atoms with E-state index in [1.54, 1.807) is 42.5 Å². The second-order valence-electron chi connectivity index (χ2n) is 7.81. The van der Waals surface area contributed by atoms with Crippen LogP contribution in [0.1, 0.15) is 46.9 Å².